The Balaban J connectivity index is 1.34. The van der Waals surface area contributed by atoms with Crippen LogP contribution in [-0.2, 0) is 23.9 Å². The summed E-state index contributed by atoms with van der Waals surface area (Å²) in [6.45, 7) is 5.42. The summed E-state index contributed by atoms with van der Waals surface area (Å²) >= 11 is 1.42. The highest BCUT2D eigenvalue weighted by Gasteiger charge is 2.64. The first kappa shape index (κ1) is 21.8. The molecule has 0 aliphatic carbocycles. The molecule has 2 aliphatic heterocycles. The maximum absolute atomic E-state index is 13.0. The SMILES string of the molecule is Cc1ccc(S(=O)(=O)OC(=O)C2N3C(=O)C(Nc4nc5ccccc5[nH]4)C3SC2(C)C)cc1. The number of fused-ring (bicyclic) bond motifs is 2. The van der Waals surface area contributed by atoms with E-state index in [0.717, 1.165) is 16.6 Å². The number of aromatic nitrogens is 2. The molecule has 172 valence electrons. The van der Waals surface area contributed by atoms with Crippen LogP contribution in [0.15, 0.2) is 53.4 Å². The normalized spacial score (nSPS) is 23.8. The summed E-state index contributed by atoms with van der Waals surface area (Å²) in [5, 5.41) is 2.76. The van der Waals surface area contributed by atoms with E-state index in [2.05, 4.69) is 15.3 Å². The standard InChI is InChI=1S/C22H22N4O5S2/c1-12-8-10-13(11-9-12)33(29,30)31-20(28)17-22(2,3)32-19-16(18(27)26(17)19)25-21-23-14-6-4-5-7-15(14)24-21/h4-11,16-17,19H,1-3H3,(H2,23,24,25). The number of H-pyrrole nitrogens is 1. The van der Waals surface area contributed by atoms with Gasteiger partial charge in [-0.25, -0.2) is 9.78 Å². The molecule has 3 unspecified atom stereocenters. The smallest absolute Gasteiger partial charge is 0.341 e. The highest BCUT2D eigenvalue weighted by molar-refractivity contribution is 8.01. The Hall–Kier alpha value is -3.05. The van der Waals surface area contributed by atoms with E-state index in [1.807, 2.05) is 31.2 Å². The molecule has 2 saturated heterocycles. The summed E-state index contributed by atoms with van der Waals surface area (Å²) in [6.07, 6.45) is 0. The summed E-state index contributed by atoms with van der Waals surface area (Å²) in [5.41, 5.74) is 2.49. The zero-order valence-electron chi connectivity index (χ0n) is 18.1. The van der Waals surface area contributed by atoms with Crippen molar-refractivity contribution in [2.45, 2.75) is 47.9 Å². The number of imidazole rings is 1. The van der Waals surface area contributed by atoms with Gasteiger partial charge < -0.3 is 19.4 Å². The zero-order valence-corrected chi connectivity index (χ0v) is 19.7. The van der Waals surface area contributed by atoms with Gasteiger partial charge in [0.2, 0.25) is 11.9 Å². The Morgan fingerprint density at radius 2 is 1.88 bits per heavy atom. The molecule has 0 radical (unpaired) electrons. The van der Waals surface area contributed by atoms with Crippen LogP contribution >= 0.6 is 11.8 Å². The number of benzene rings is 2. The number of carbonyl (C=O) groups is 2. The van der Waals surface area contributed by atoms with Crippen LogP contribution in [-0.4, -0.2) is 57.4 Å². The number of aromatic amines is 1. The molecule has 1 aromatic heterocycles. The topological polar surface area (TPSA) is 121 Å². The average molecular weight is 487 g/mol. The van der Waals surface area contributed by atoms with Crippen LogP contribution < -0.4 is 5.32 Å². The number of carbonyl (C=O) groups excluding carboxylic acids is 2. The van der Waals surface area contributed by atoms with E-state index in [9.17, 15) is 18.0 Å². The third-order valence-corrected chi connectivity index (χ3v) is 8.65. The molecule has 2 N–H and O–H groups in total. The molecule has 0 saturated carbocycles. The van der Waals surface area contributed by atoms with E-state index in [-0.39, 0.29) is 16.2 Å². The fourth-order valence-electron chi connectivity index (χ4n) is 4.20. The minimum atomic E-state index is -4.30. The second-order valence-corrected chi connectivity index (χ2v) is 12.0. The predicted molar refractivity (Wildman–Crippen MR) is 124 cm³/mol. The van der Waals surface area contributed by atoms with Crippen molar-refractivity contribution in [2.75, 3.05) is 5.32 Å². The van der Waals surface area contributed by atoms with Gasteiger partial charge in [-0.2, -0.15) is 8.42 Å². The van der Waals surface area contributed by atoms with Gasteiger partial charge in [-0.1, -0.05) is 29.8 Å². The lowest BCUT2D eigenvalue weighted by Gasteiger charge is -2.43. The van der Waals surface area contributed by atoms with Gasteiger partial charge in [-0.05, 0) is 45.0 Å². The number of rotatable bonds is 5. The lowest BCUT2D eigenvalue weighted by atomic mass is 9.96. The Morgan fingerprint density at radius 3 is 2.58 bits per heavy atom. The summed E-state index contributed by atoms with van der Waals surface area (Å²) in [6, 6.07) is 11.9. The van der Waals surface area contributed by atoms with Gasteiger partial charge in [-0.15, -0.1) is 11.8 Å². The van der Waals surface area contributed by atoms with Gasteiger partial charge >= 0.3 is 16.1 Å². The monoisotopic (exact) mass is 486 g/mol. The van der Waals surface area contributed by atoms with Crippen molar-refractivity contribution in [3.05, 3.63) is 54.1 Å². The number of para-hydroxylation sites is 2. The highest BCUT2D eigenvalue weighted by Crippen LogP contribution is 2.51. The van der Waals surface area contributed by atoms with E-state index < -0.39 is 32.9 Å². The van der Waals surface area contributed by atoms with E-state index in [1.165, 1.54) is 28.8 Å². The molecule has 3 heterocycles. The predicted octanol–water partition coefficient (Wildman–Crippen LogP) is 2.65. The average Bonchev–Trinajstić information content (AvgIpc) is 3.27. The molecule has 33 heavy (non-hydrogen) atoms. The van der Waals surface area contributed by atoms with E-state index >= 15 is 0 Å². The van der Waals surface area contributed by atoms with Gasteiger partial charge in [0.15, 0.2) is 0 Å². The Morgan fingerprint density at radius 1 is 1.18 bits per heavy atom. The Kier molecular flexibility index (Phi) is 4.94. The third-order valence-electron chi connectivity index (χ3n) is 5.85. The zero-order chi connectivity index (χ0) is 23.5. The van der Waals surface area contributed by atoms with Crippen LogP contribution in [0.25, 0.3) is 11.0 Å². The summed E-state index contributed by atoms with van der Waals surface area (Å²) in [7, 11) is -4.30. The van der Waals surface area contributed by atoms with Gasteiger partial charge in [0.25, 0.3) is 0 Å². The molecule has 2 aromatic carbocycles. The second-order valence-electron chi connectivity index (χ2n) is 8.65. The first-order chi connectivity index (χ1) is 15.6. The molecule has 2 aliphatic rings. The third kappa shape index (κ3) is 3.65. The number of nitrogens with zero attached hydrogens (tertiary/aromatic N) is 2. The van der Waals surface area contributed by atoms with Crippen LogP contribution in [0.2, 0.25) is 0 Å². The first-order valence-corrected chi connectivity index (χ1v) is 12.6. The molecule has 0 bridgehead atoms. The van der Waals surface area contributed by atoms with Crippen LogP contribution in [0.4, 0.5) is 5.95 Å². The molecule has 3 atom stereocenters. The maximum Gasteiger partial charge on any atom is 0.346 e. The molecule has 3 aromatic rings. The maximum atomic E-state index is 13.0. The lowest BCUT2D eigenvalue weighted by molar-refractivity contribution is -0.156. The fourth-order valence-corrected chi connectivity index (χ4v) is 6.70. The van der Waals surface area contributed by atoms with Crippen molar-refractivity contribution in [1.82, 2.24) is 14.9 Å². The minimum Gasteiger partial charge on any atom is -0.341 e. The van der Waals surface area contributed by atoms with E-state index in [0.29, 0.717) is 5.95 Å². The molecular formula is C22H22N4O5S2. The van der Waals surface area contributed by atoms with Crippen molar-refractivity contribution in [3.63, 3.8) is 0 Å². The number of nitrogens with one attached hydrogen (secondary N) is 2. The molecule has 1 amide bonds. The molecule has 2 fully saturated rings. The van der Waals surface area contributed by atoms with Crippen molar-refractivity contribution in [3.8, 4) is 0 Å². The summed E-state index contributed by atoms with van der Waals surface area (Å²) < 4.78 is 29.5. The van der Waals surface area contributed by atoms with Crippen LogP contribution in [0.3, 0.4) is 0 Å². The summed E-state index contributed by atoms with van der Waals surface area (Å²) in [4.78, 5) is 34.8. The van der Waals surface area contributed by atoms with Gasteiger partial charge in [0.1, 0.15) is 22.4 Å². The van der Waals surface area contributed by atoms with Crippen molar-refractivity contribution in [1.29, 1.82) is 0 Å². The minimum absolute atomic E-state index is 0.110. The number of thioether (sulfide) groups is 1. The number of aryl methyl sites for hydroxylation is 1. The van der Waals surface area contributed by atoms with Crippen molar-refractivity contribution in [2.24, 2.45) is 0 Å². The van der Waals surface area contributed by atoms with Crippen LogP contribution in [0, 0.1) is 6.92 Å². The van der Waals surface area contributed by atoms with Gasteiger partial charge in [0.05, 0.1) is 11.0 Å². The Bertz CT molecular complexity index is 1330. The number of hydrogen-bond acceptors (Lipinski definition) is 8. The van der Waals surface area contributed by atoms with Gasteiger partial charge in [0, 0.05) is 4.75 Å². The lowest BCUT2D eigenvalue weighted by Crippen LogP contribution is -2.68. The van der Waals surface area contributed by atoms with E-state index in [4.69, 9.17) is 4.18 Å². The molecule has 0 spiro atoms. The molecule has 5 rings (SSSR count). The largest absolute Gasteiger partial charge is 0.346 e. The van der Waals surface area contributed by atoms with Crippen molar-refractivity contribution < 1.29 is 22.2 Å². The van der Waals surface area contributed by atoms with Crippen LogP contribution in [0.5, 0.6) is 0 Å². The fraction of sp³-hybridized carbons (Fsp3) is 0.318. The van der Waals surface area contributed by atoms with Crippen molar-refractivity contribution >= 4 is 50.7 Å². The van der Waals surface area contributed by atoms with Crippen LogP contribution in [0.1, 0.15) is 19.4 Å². The number of hydrogen-bond donors (Lipinski definition) is 2. The number of β-lactam (4-membered cyclic amide) rings is 1. The second kappa shape index (κ2) is 7.49. The number of amides is 1. The molecule has 9 nitrogen and oxygen atoms in total. The highest BCUT2D eigenvalue weighted by atomic mass is 32.2. The van der Waals surface area contributed by atoms with E-state index in [1.54, 1.807) is 26.0 Å². The van der Waals surface area contributed by atoms with Gasteiger partial charge in [-0.3, -0.25) is 4.79 Å². The summed E-state index contributed by atoms with van der Waals surface area (Å²) in [5.74, 6) is -0.820. The molecular weight excluding hydrogens is 464 g/mol. The molecule has 11 heteroatoms. The first-order valence-electron chi connectivity index (χ1n) is 10.3. The number of anilines is 1. The Labute approximate surface area is 195 Å². The quantitative estimate of drug-likeness (QED) is 0.417.